The third-order valence-corrected chi connectivity index (χ3v) is 4.78. The lowest BCUT2D eigenvalue weighted by Crippen LogP contribution is -2.44. The Morgan fingerprint density at radius 2 is 2.06 bits per heavy atom. The van der Waals surface area contributed by atoms with E-state index in [1.54, 1.807) is 0 Å². The molecular weight excluding hydrogens is 254 g/mol. The standard InChI is InChI=1S/C11H21N3O3S/c1-4-11(3,5-2)13-18(16,17)10-8-12-14(9-10)6-7-15/h8-9,13,15H,4-7H2,1-3H3. The van der Waals surface area contributed by atoms with Crippen LogP contribution in [-0.2, 0) is 16.6 Å². The Labute approximate surface area is 108 Å². The molecule has 0 aliphatic rings. The van der Waals surface area contributed by atoms with Crippen LogP contribution in [0.4, 0.5) is 0 Å². The van der Waals surface area contributed by atoms with Gasteiger partial charge in [0.25, 0.3) is 0 Å². The van der Waals surface area contributed by atoms with Crippen LogP contribution in [0.3, 0.4) is 0 Å². The molecule has 0 saturated carbocycles. The summed E-state index contributed by atoms with van der Waals surface area (Å²) in [4.78, 5) is 0.129. The third-order valence-electron chi connectivity index (χ3n) is 3.19. The topological polar surface area (TPSA) is 84.2 Å². The molecule has 18 heavy (non-hydrogen) atoms. The summed E-state index contributed by atoms with van der Waals surface area (Å²) in [5, 5.41) is 12.7. The van der Waals surface area contributed by atoms with Crippen LogP contribution in [0.15, 0.2) is 17.3 Å². The van der Waals surface area contributed by atoms with E-state index in [0.717, 1.165) is 0 Å². The lowest BCUT2D eigenvalue weighted by Gasteiger charge is -2.27. The van der Waals surface area contributed by atoms with Crippen LogP contribution >= 0.6 is 0 Å². The van der Waals surface area contributed by atoms with Crippen molar-refractivity contribution >= 4 is 10.0 Å². The van der Waals surface area contributed by atoms with Crippen molar-refractivity contribution in [2.45, 2.75) is 50.6 Å². The van der Waals surface area contributed by atoms with E-state index >= 15 is 0 Å². The van der Waals surface area contributed by atoms with Crippen LogP contribution in [0.2, 0.25) is 0 Å². The van der Waals surface area contributed by atoms with Gasteiger partial charge in [0, 0.05) is 11.7 Å². The summed E-state index contributed by atoms with van der Waals surface area (Å²) < 4.78 is 28.4. The summed E-state index contributed by atoms with van der Waals surface area (Å²) in [7, 11) is -3.55. The number of hydrogen-bond acceptors (Lipinski definition) is 4. The summed E-state index contributed by atoms with van der Waals surface area (Å²) in [6.45, 7) is 5.98. The van der Waals surface area contributed by atoms with Gasteiger partial charge in [0.05, 0.1) is 19.3 Å². The number of aromatic nitrogens is 2. The Morgan fingerprint density at radius 3 is 2.56 bits per heavy atom. The molecule has 2 N–H and O–H groups in total. The maximum Gasteiger partial charge on any atom is 0.244 e. The zero-order valence-corrected chi connectivity index (χ0v) is 11.9. The van der Waals surface area contributed by atoms with Crippen LogP contribution < -0.4 is 4.72 Å². The van der Waals surface area contributed by atoms with E-state index in [1.807, 2.05) is 20.8 Å². The normalized spacial score (nSPS) is 12.9. The minimum atomic E-state index is -3.55. The lowest BCUT2D eigenvalue weighted by atomic mass is 9.98. The molecule has 0 spiro atoms. The van der Waals surface area contributed by atoms with E-state index in [0.29, 0.717) is 12.8 Å². The van der Waals surface area contributed by atoms with E-state index < -0.39 is 15.6 Å². The minimum Gasteiger partial charge on any atom is -0.394 e. The maximum absolute atomic E-state index is 12.2. The molecule has 0 atom stereocenters. The molecule has 0 bridgehead atoms. The zero-order valence-electron chi connectivity index (χ0n) is 11.0. The number of hydrogen-bond donors (Lipinski definition) is 2. The minimum absolute atomic E-state index is 0.0732. The van der Waals surface area contributed by atoms with Gasteiger partial charge in [-0.1, -0.05) is 13.8 Å². The van der Waals surface area contributed by atoms with Crippen LogP contribution in [-0.4, -0.2) is 35.5 Å². The molecule has 0 aromatic carbocycles. The van der Waals surface area contributed by atoms with Gasteiger partial charge in [-0.25, -0.2) is 13.1 Å². The number of aliphatic hydroxyl groups excluding tert-OH is 1. The SMILES string of the molecule is CCC(C)(CC)NS(=O)(=O)c1cnn(CCO)c1. The number of sulfonamides is 1. The van der Waals surface area contributed by atoms with Crippen molar-refractivity contribution in [1.29, 1.82) is 0 Å². The molecule has 0 aliphatic carbocycles. The third kappa shape index (κ3) is 3.54. The Balaban J connectivity index is 2.92. The summed E-state index contributed by atoms with van der Waals surface area (Å²) in [6.07, 6.45) is 4.15. The first kappa shape index (κ1) is 15.1. The molecule has 7 heteroatoms. The van der Waals surface area contributed by atoms with Gasteiger partial charge in [-0.05, 0) is 19.8 Å². The van der Waals surface area contributed by atoms with E-state index in [-0.39, 0.29) is 18.0 Å². The summed E-state index contributed by atoms with van der Waals surface area (Å²) in [5.41, 5.74) is -0.447. The first-order valence-corrected chi connectivity index (χ1v) is 7.52. The molecule has 104 valence electrons. The fraction of sp³-hybridized carbons (Fsp3) is 0.727. The second-order valence-corrected chi connectivity index (χ2v) is 6.22. The quantitative estimate of drug-likeness (QED) is 0.768. The highest BCUT2D eigenvalue weighted by atomic mass is 32.2. The van der Waals surface area contributed by atoms with Crippen molar-refractivity contribution in [2.75, 3.05) is 6.61 Å². The number of nitrogens with one attached hydrogen (secondary N) is 1. The average molecular weight is 275 g/mol. The first-order valence-electron chi connectivity index (χ1n) is 6.04. The van der Waals surface area contributed by atoms with E-state index in [9.17, 15) is 8.42 Å². The van der Waals surface area contributed by atoms with Crippen molar-refractivity contribution in [3.63, 3.8) is 0 Å². The van der Waals surface area contributed by atoms with Crippen LogP contribution in [0.1, 0.15) is 33.6 Å². The second kappa shape index (κ2) is 5.81. The molecule has 6 nitrogen and oxygen atoms in total. The molecule has 1 heterocycles. The fourth-order valence-electron chi connectivity index (χ4n) is 1.49. The van der Waals surface area contributed by atoms with Gasteiger partial charge in [0.1, 0.15) is 4.90 Å². The molecule has 1 rings (SSSR count). The number of rotatable bonds is 7. The number of nitrogens with zero attached hydrogens (tertiary/aromatic N) is 2. The van der Waals surface area contributed by atoms with E-state index in [1.165, 1.54) is 17.1 Å². The van der Waals surface area contributed by atoms with Crippen LogP contribution in [0.25, 0.3) is 0 Å². The van der Waals surface area contributed by atoms with Crippen molar-refractivity contribution in [3.05, 3.63) is 12.4 Å². The van der Waals surface area contributed by atoms with Gasteiger partial charge >= 0.3 is 0 Å². The zero-order chi connectivity index (χ0) is 13.8. The average Bonchev–Trinajstić information content (AvgIpc) is 2.78. The highest BCUT2D eigenvalue weighted by Crippen LogP contribution is 2.18. The summed E-state index contributed by atoms with van der Waals surface area (Å²) >= 11 is 0. The maximum atomic E-state index is 12.2. The van der Waals surface area contributed by atoms with Crippen molar-refractivity contribution in [2.24, 2.45) is 0 Å². The van der Waals surface area contributed by atoms with E-state index in [2.05, 4.69) is 9.82 Å². The Morgan fingerprint density at radius 1 is 1.44 bits per heavy atom. The molecule has 0 aliphatic heterocycles. The Hall–Kier alpha value is -0.920. The van der Waals surface area contributed by atoms with Gasteiger partial charge in [0.15, 0.2) is 0 Å². The van der Waals surface area contributed by atoms with Gasteiger partial charge in [-0.15, -0.1) is 0 Å². The fourth-order valence-corrected chi connectivity index (χ4v) is 2.99. The number of aliphatic hydroxyl groups is 1. The van der Waals surface area contributed by atoms with Gasteiger partial charge in [-0.2, -0.15) is 5.10 Å². The lowest BCUT2D eigenvalue weighted by molar-refractivity contribution is 0.269. The summed E-state index contributed by atoms with van der Waals surface area (Å²) in [5.74, 6) is 0. The smallest absolute Gasteiger partial charge is 0.244 e. The van der Waals surface area contributed by atoms with E-state index in [4.69, 9.17) is 5.11 Å². The molecule has 0 amide bonds. The molecule has 0 unspecified atom stereocenters. The second-order valence-electron chi connectivity index (χ2n) is 4.54. The van der Waals surface area contributed by atoms with Gasteiger partial charge < -0.3 is 5.11 Å². The van der Waals surface area contributed by atoms with Gasteiger partial charge in [0.2, 0.25) is 10.0 Å². The first-order chi connectivity index (χ1) is 8.37. The Kier molecular flexibility index (Phi) is 4.89. The molecule has 0 fully saturated rings. The van der Waals surface area contributed by atoms with Crippen molar-refractivity contribution in [1.82, 2.24) is 14.5 Å². The molecular formula is C11H21N3O3S. The molecule has 1 aromatic heterocycles. The monoisotopic (exact) mass is 275 g/mol. The predicted octanol–water partition coefficient (Wildman–Crippen LogP) is 0.732. The van der Waals surface area contributed by atoms with Gasteiger partial charge in [-0.3, -0.25) is 4.68 Å². The molecule has 0 radical (unpaired) electrons. The van der Waals surface area contributed by atoms with Crippen molar-refractivity contribution < 1.29 is 13.5 Å². The Bertz CT molecular complexity index is 477. The largest absolute Gasteiger partial charge is 0.394 e. The highest BCUT2D eigenvalue weighted by molar-refractivity contribution is 7.89. The molecule has 0 saturated heterocycles. The van der Waals surface area contributed by atoms with Crippen molar-refractivity contribution in [3.8, 4) is 0 Å². The molecule has 1 aromatic rings. The van der Waals surface area contributed by atoms with Crippen LogP contribution in [0, 0.1) is 0 Å². The summed E-state index contributed by atoms with van der Waals surface area (Å²) in [6, 6.07) is 0. The van der Waals surface area contributed by atoms with Crippen LogP contribution in [0.5, 0.6) is 0 Å². The predicted molar refractivity (Wildman–Crippen MR) is 68.6 cm³/mol. The highest BCUT2D eigenvalue weighted by Gasteiger charge is 2.28.